The van der Waals surface area contributed by atoms with E-state index >= 15 is 0 Å². The first-order chi connectivity index (χ1) is 11.0. The van der Waals surface area contributed by atoms with E-state index in [1.807, 2.05) is 0 Å². The van der Waals surface area contributed by atoms with Crippen LogP contribution in [0.25, 0.3) is 11.5 Å². The number of oxazole rings is 1. The number of sulfonamides is 1. The quantitative estimate of drug-likeness (QED) is 0.738. The number of hydrogen-bond acceptors (Lipinski definition) is 4. The van der Waals surface area contributed by atoms with Crippen LogP contribution in [0.4, 0.5) is 5.69 Å². The Bertz CT molecular complexity index is 941. The Hall–Kier alpha value is -2.02. The van der Waals surface area contributed by atoms with E-state index in [0.717, 1.165) is 0 Å². The van der Waals surface area contributed by atoms with Crippen molar-refractivity contribution < 1.29 is 12.8 Å². The first-order valence-corrected chi connectivity index (χ1v) is 8.68. The number of nitrogens with zero attached hydrogens (tertiary/aromatic N) is 1. The smallest absolute Gasteiger partial charge is 0.263 e. The summed E-state index contributed by atoms with van der Waals surface area (Å²) < 4.78 is 32.6. The summed E-state index contributed by atoms with van der Waals surface area (Å²) in [5.41, 5.74) is 1.00. The lowest BCUT2D eigenvalue weighted by Gasteiger charge is -2.10. The molecule has 0 fully saturated rings. The van der Waals surface area contributed by atoms with E-state index in [2.05, 4.69) is 9.71 Å². The molecule has 0 radical (unpaired) electrons. The minimum atomic E-state index is -3.87. The Morgan fingerprint density at radius 3 is 2.61 bits per heavy atom. The van der Waals surface area contributed by atoms with Crippen LogP contribution in [0.1, 0.15) is 0 Å². The van der Waals surface area contributed by atoms with Crippen LogP contribution in [0.5, 0.6) is 0 Å². The number of halogens is 2. The molecule has 2 aromatic carbocycles. The van der Waals surface area contributed by atoms with E-state index in [1.165, 1.54) is 30.7 Å². The van der Waals surface area contributed by atoms with Crippen molar-refractivity contribution in [2.75, 3.05) is 4.72 Å². The Morgan fingerprint density at radius 2 is 1.87 bits per heavy atom. The second-order valence-electron chi connectivity index (χ2n) is 4.58. The summed E-state index contributed by atoms with van der Waals surface area (Å²) in [7, 11) is -3.87. The van der Waals surface area contributed by atoms with Crippen LogP contribution < -0.4 is 4.72 Å². The number of rotatable bonds is 4. The Balaban J connectivity index is 1.95. The first kappa shape index (κ1) is 15.9. The first-order valence-electron chi connectivity index (χ1n) is 6.44. The molecule has 0 unspecified atom stereocenters. The summed E-state index contributed by atoms with van der Waals surface area (Å²) in [5, 5.41) is 0.147. The number of aromatic nitrogens is 1. The van der Waals surface area contributed by atoms with Crippen molar-refractivity contribution in [3.63, 3.8) is 0 Å². The van der Waals surface area contributed by atoms with Crippen LogP contribution in [-0.2, 0) is 10.0 Å². The third-order valence-corrected chi connectivity index (χ3v) is 5.35. The molecule has 1 aromatic heterocycles. The van der Waals surface area contributed by atoms with Crippen LogP contribution in [0.15, 0.2) is 64.2 Å². The van der Waals surface area contributed by atoms with E-state index < -0.39 is 10.0 Å². The molecule has 3 aromatic rings. The summed E-state index contributed by atoms with van der Waals surface area (Å²) in [6, 6.07) is 11.1. The predicted octanol–water partition coefficient (Wildman–Crippen LogP) is 4.45. The standard InChI is InChI=1S/C15H10Cl2N2O3S/c16-12-5-2-6-13(14(12)17)23(20,21)19-11-4-1-3-10(9-11)15-18-7-8-22-15/h1-9,19H. The monoisotopic (exact) mass is 368 g/mol. The third-order valence-electron chi connectivity index (χ3n) is 3.00. The number of hydrogen-bond donors (Lipinski definition) is 1. The maximum atomic E-state index is 12.5. The predicted molar refractivity (Wildman–Crippen MR) is 89.2 cm³/mol. The highest BCUT2D eigenvalue weighted by Gasteiger charge is 2.20. The van der Waals surface area contributed by atoms with Crippen molar-refractivity contribution >= 4 is 38.9 Å². The van der Waals surface area contributed by atoms with Gasteiger partial charge < -0.3 is 4.42 Å². The average Bonchev–Trinajstić information content (AvgIpc) is 3.04. The molecule has 8 heteroatoms. The fourth-order valence-corrected chi connectivity index (χ4v) is 3.80. The number of nitrogens with one attached hydrogen (secondary N) is 1. The maximum Gasteiger partial charge on any atom is 0.263 e. The van der Waals surface area contributed by atoms with Crippen LogP contribution in [0.3, 0.4) is 0 Å². The van der Waals surface area contributed by atoms with Gasteiger partial charge in [-0.05, 0) is 30.3 Å². The van der Waals surface area contributed by atoms with E-state index in [-0.39, 0.29) is 14.9 Å². The molecule has 3 rings (SSSR count). The van der Waals surface area contributed by atoms with Crippen LogP contribution in [0.2, 0.25) is 10.0 Å². The van der Waals surface area contributed by atoms with Gasteiger partial charge in [-0.1, -0.05) is 35.3 Å². The summed E-state index contributed by atoms with van der Waals surface area (Å²) in [6.07, 6.45) is 2.95. The van der Waals surface area contributed by atoms with E-state index in [1.54, 1.807) is 24.3 Å². The average molecular weight is 369 g/mol. The molecule has 0 saturated heterocycles. The summed E-state index contributed by atoms with van der Waals surface area (Å²) in [5.74, 6) is 0.395. The van der Waals surface area contributed by atoms with Gasteiger partial charge >= 0.3 is 0 Å². The molecule has 0 atom stereocenters. The van der Waals surface area contributed by atoms with Gasteiger partial charge in [0.2, 0.25) is 5.89 Å². The zero-order valence-electron chi connectivity index (χ0n) is 11.5. The van der Waals surface area contributed by atoms with Gasteiger partial charge in [-0.25, -0.2) is 13.4 Å². The van der Waals surface area contributed by atoms with Gasteiger partial charge in [0, 0.05) is 11.3 Å². The van der Waals surface area contributed by atoms with Gasteiger partial charge in [0.15, 0.2) is 0 Å². The molecule has 23 heavy (non-hydrogen) atoms. The van der Waals surface area contributed by atoms with Gasteiger partial charge in [0.1, 0.15) is 11.2 Å². The molecule has 0 bridgehead atoms. The van der Waals surface area contributed by atoms with Gasteiger partial charge in [-0.15, -0.1) is 0 Å². The largest absolute Gasteiger partial charge is 0.445 e. The topological polar surface area (TPSA) is 72.2 Å². The molecule has 5 nitrogen and oxygen atoms in total. The van der Waals surface area contributed by atoms with Crippen molar-refractivity contribution in [3.8, 4) is 11.5 Å². The van der Waals surface area contributed by atoms with E-state index in [4.69, 9.17) is 27.6 Å². The molecule has 0 spiro atoms. The lowest BCUT2D eigenvalue weighted by molar-refractivity contribution is 0.574. The zero-order chi connectivity index (χ0) is 16.4. The van der Waals surface area contributed by atoms with Crippen LogP contribution in [0, 0.1) is 0 Å². The van der Waals surface area contributed by atoms with Crippen molar-refractivity contribution in [2.45, 2.75) is 4.90 Å². The number of benzene rings is 2. The normalized spacial score (nSPS) is 11.4. The fraction of sp³-hybridized carbons (Fsp3) is 0. The van der Waals surface area contributed by atoms with Crippen LogP contribution >= 0.6 is 23.2 Å². The fourth-order valence-electron chi connectivity index (χ4n) is 1.98. The second kappa shape index (κ2) is 6.23. The molecule has 0 amide bonds. The summed E-state index contributed by atoms with van der Waals surface area (Å²) >= 11 is 11.9. The molecule has 0 aliphatic carbocycles. The van der Waals surface area contributed by atoms with Crippen molar-refractivity contribution in [1.82, 2.24) is 4.98 Å². The highest BCUT2D eigenvalue weighted by molar-refractivity contribution is 7.92. The highest BCUT2D eigenvalue weighted by atomic mass is 35.5. The Kier molecular flexibility index (Phi) is 4.30. The van der Waals surface area contributed by atoms with Gasteiger partial charge in [0.25, 0.3) is 10.0 Å². The van der Waals surface area contributed by atoms with Gasteiger partial charge in [0.05, 0.1) is 16.2 Å². The minimum Gasteiger partial charge on any atom is -0.445 e. The molecular weight excluding hydrogens is 359 g/mol. The third kappa shape index (κ3) is 3.34. The van der Waals surface area contributed by atoms with Crippen molar-refractivity contribution in [3.05, 3.63) is 65.0 Å². The summed E-state index contributed by atoms with van der Waals surface area (Å²) in [6.45, 7) is 0. The molecule has 1 N–H and O–H groups in total. The molecule has 0 aliphatic heterocycles. The lowest BCUT2D eigenvalue weighted by Crippen LogP contribution is -2.13. The lowest BCUT2D eigenvalue weighted by atomic mass is 10.2. The molecule has 1 heterocycles. The van der Waals surface area contributed by atoms with Gasteiger partial charge in [-0.2, -0.15) is 0 Å². The van der Waals surface area contributed by atoms with Crippen molar-refractivity contribution in [1.29, 1.82) is 0 Å². The van der Waals surface area contributed by atoms with E-state index in [9.17, 15) is 8.42 Å². The van der Waals surface area contributed by atoms with Crippen molar-refractivity contribution in [2.24, 2.45) is 0 Å². The Labute approximate surface area is 142 Å². The summed E-state index contributed by atoms with van der Waals surface area (Å²) in [4.78, 5) is 3.94. The van der Waals surface area contributed by atoms with E-state index in [0.29, 0.717) is 17.1 Å². The maximum absolute atomic E-state index is 12.5. The molecule has 0 saturated carbocycles. The Morgan fingerprint density at radius 1 is 1.09 bits per heavy atom. The minimum absolute atomic E-state index is 0.0227. The van der Waals surface area contributed by atoms with Gasteiger partial charge in [-0.3, -0.25) is 4.72 Å². The van der Waals surface area contributed by atoms with Crippen LogP contribution in [-0.4, -0.2) is 13.4 Å². The molecular formula is C15H10Cl2N2O3S. The number of anilines is 1. The molecule has 0 aliphatic rings. The highest BCUT2D eigenvalue weighted by Crippen LogP contribution is 2.30. The zero-order valence-corrected chi connectivity index (χ0v) is 13.9. The SMILES string of the molecule is O=S(=O)(Nc1cccc(-c2ncco2)c1)c1cccc(Cl)c1Cl. The second-order valence-corrected chi connectivity index (χ2v) is 7.01. The molecule has 118 valence electrons.